The molecule has 2 aromatic rings. The summed E-state index contributed by atoms with van der Waals surface area (Å²) in [5.41, 5.74) is 1.10. The highest BCUT2D eigenvalue weighted by molar-refractivity contribution is 7.89. The lowest BCUT2D eigenvalue weighted by Crippen LogP contribution is -2.45. The zero-order chi connectivity index (χ0) is 26.3. The first-order chi connectivity index (χ1) is 16.8. The molecule has 1 N–H and O–H groups in total. The number of fused-ring (bicyclic) bond motifs is 1. The molecule has 0 spiro atoms. The van der Waals surface area contributed by atoms with Crippen LogP contribution in [0.1, 0.15) is 72.0 Å². The Balaban J connectivity index is 1.63. The molecule has 1 atom stereocenters. The molecule has 0 radical (unpaired) electrons. The van der Waals surface area contributed by atoms with Crippen molar-refractivity contribution in [1.29, 1.82) is 0 Å². The van der Waals surface area contributed by atoms with Crippen LogP contribution < -0.4 is 5.32 Å². The average Bonchev–Trinajstić information content (AvgIpc) is 3.19. The van der Waals surface area contributed by atoms with Crippen molar-refractivity contribution in [3.63, 3.8) is 0 Å². The van der Waals surface area contributed by atoms with Crippen molar-refractivity contribution in [3.05, 3.63) is 24.0 Å². The minimum atomic E-state index is -3.79. The molecule has 0 bridgehead atoms. The Kier molecular flexibility index (Phi) is 7.50. The van der Waals surface area contributed by atoms with Gasteiger partial charge in [0.15, 0.2) is 0 Å². The molecule has 7 nitrogen and oxygen atoms in total. The van der Waals surface area contributed by atoms with E-state index < -0.39 is 15.9 Å². The number of aromatic nitrogens is 2. The van der Waals surface area contributed by atoms with Crippen molar-refractivity contribution in [2.24, 2.45) is 11.8 Å². The van der Waals surface area contributed by atoms with Crippen LogP contribution in [0, 0.1) is 11.8 Å². The number of imidazole rings is 1. The third kappa shape index (κ3) is 5.59. The molecule has 36 heavy (non-hydrogen) atoms. The summed E-state index contributed by atoms with van der Waals surface area (Å²) in [6.07, 6.45) is 2.04. The largest absolute Gasteiger partial charge is 0.356 e. The SMILES string of the molecule is CCNC(=O)[C@H]1CCCN(S(=O)(=O)c2ccc3c(c2)nc(C(C)(C)C)n3CC2CCC(F)(F)CC2)C1. The maximum atomic E-state index is 13.7. The summed E-state index contributed by atoms with van der Waals surface area (Å²) in [4.78, 5) is 17.3. The number of carbonyl (C=O) groups excluding carboxylic acids is 1. The Hall–Kier alpha value is -2.07. The van der Waals surface area contributed by atoms with Gasteiger partial charge in [-0.05, 0) is 56.7 Å². The molecule has 1 aromatic carbocycles. The Bertz CT molecular complexity index is 1210. The minimum absolute atomic E-state index is 0.0926. The highest BCUT2D eigenvalue weighted by Gasteiger charge is 2.36. The first kappa shape index (κ1) is 27.0. The fourth-order valence-electron chi connectivity index (χ4n) is 5.41. The fraction of sp³-hybridized carbons (Fsp3) is 0.692. The Morgan fingerprint density at radius 1 is 1.19 bits per heavy atom. The van der Waals surface area contributed by atoms with Crippen LogP contribution in [0.4, 0.5) is 8.78 Å². The van der Waals surface area contributed by atoms with Crippen LogP contribution in [-0.4, -0.2) is 53.7 Å². The lowest BCUT2D eigenvalue weighted by Gasteiger charge is -2.31. The molecule has 200 valence electrons. The van der Waals surface area contributed by atoms with Gasteiger partial charge in [0.1, 0.15) is 5.82 Å². The number of nitrogens with one attached hydrogen (secondary N) is 1. The quantitative estimate of drug-likeness (QED) is 0.594. The number of nitrogens with zero attached hydrogens (tertiary/aromatic N) is 3. The van der Waals surface area contributed by atoms with Gasteiger partial charge < -0.3 is 9.88 Å². The van der Waals surface area contributed by atoms with Crippen LogP contribution >= 0.6 is 0 Å². The van der Waals surface area contributed by atoms with Crippen molar-refractivity contribution in [2.75, 3.05) is 19.6 Å². The minimum Gasteiger partial charge on any atom is -0.356 e. The van der Waals surface area contributed by atoms with Gasteiger partial charge in [0.05, 0.1) is 21.8 Å². The maximum absolute atomic E-state index is 13.7. The van der Waals surface area contributed by atoms with Crippen molar-refractivity contribution < 1.29 is 22.0 Å². The topological polar surface area (TPSA) is 84.3 Å². The molecule has 1 saturated carbocycles. The van der Waals surface area contributed by atoms with Gasteiger partial charge in [-0.2, -0.15) is 4.31 Å². The number of sulfonamides is 1. The highest BCUT2D eigenvalue weighted by Crippen LogP contribution is 2.38. The molecule has 2 aliphatic rings. The third-order valence-electron chi connectivity index (χ3n) is 7.41. The Morgan fingerprint density at radius 3 is 2.53 bits per heavy atom. The second-order valence-corrected chi connectivity index (χ2v) is 13.3. The number of halogens is 2. The van der Waals surface area contributed by atoms with Crippen molar-refractivity contribution in [2.45, 2.75) is 89.0 Å². The summed E-state index contributed by atoms with van der Waals surface area (Å²) in [6, 6.07) is 5.00. The van der Waals surface area contributed by atoms with Crippen LogP contribution in [0.15, 0.2) is 23.1 Å². The normalized spacial score (nSPS) is 22.1. The number of hydrogen-bond donors (Lipinski definition) is 1. The molecule has 10 heteroatoms. The Labute approximate surface area is 212 Å². The summed E-state index contributed by atoms with van der Waals surface area (Å²) >= 11 is 0. The van der Waals surface area contributed by atoms with Gasteiger partial charge in [-0.1, -0.05) is 20.8 Å². The first-order valence-corrected chi connectivity index (χ1v) is 14.4. The van der Waals surface area contributed by atoms with E-state index in [1.54, 1.807) is 18.2 Å². The van der Waals surface area contributed by atoms with E-state index in [0.29, 0.717) is 50.8 Å². The van der Waals surface area contributed by atoms with Crippen molar-refractivity contribution in [1.82, 2.24) is 19.2 Å². The number of carbonyl (C=O) groups is 1. The third-order valence-corrected chi connectivity index (χ3v) is 9.27. The summed E-state index contributed by atoms with van der Waals surface area (Å²) in [7, 11) is -3.79. The smallest absolute Gasteiger partial charge is 0.248 e. The molecule has 4 rings (SSSR count). The van der Waals surface area contributed by atoms with Gasteiger partial charge in [-0.25, -0.2) is 22.2 Å². The first-order valence-electron chi connectivity index (χ1n) is 13.0. The molecule has 2 fully saturated rings. The monoisotopic (exact) mass is 524 g/mol. The molecular weight excluding hydrogens is 486 g/mol. The van der Waals surface area contributed by atoms with Gasteiger partial charge >= 0.3 is 0 Å². The van der Waals surface area contributed by atoms with E-state index in [2.05, 4.69) is 9.88 Å². The van der Waals surface area contributed by atoms with E-state index in [-0.39, 0.29) is 47.4 Å². The van der Waals surface area contributed by atoms with Crippen LogP contribution in [0.25, 0.3) is 11.0 Å². The molecule has 1 saturated heterocycles. The fourth-order valence-corrected chi connectivity index (χ4v) is 6.95. The van der Waals surface area contributed by atoms with Gasteiger partial charge in [-0.15, -0.1) is 0 Å². The highest BCUT2D eigenvalue weighted by atomic mass is 32.2. The standard InChI is InChI=1S/C26H38F2N4O3S/c1-5-29-23(33)19-7-6-14-31(17-19)36(34,35)20-8-9-22-21(15-20)30-24(25(2,3)4)32(22)16-18-10-12-26(27,28)13-11-18/h8-9,15,18-19H,5-7,10-14,16-17H2,1-4H3,(H,29,33)/t19-/m0/s1. The predicted molar refractivity (Wildman–Crippen MR) is 136 cm³/mol. The van der Waals surface area contributed by atoms with E-state index in [9.17, 15) is 22.0 Å². The lowest BCUT2D eigenvalue weighted by molar-refractivity contribution is -0.125. The van der Waals surface area contributed by atoms with Crippen LogP contribution in [-0.2, 0) is 26.8 Å². The second kappa shape index (κ2) is 10.0. The number of alkyl halides is 2. The van der Waals surface area contributed by atoms with Gasteiger partial charge in [-0.3, -0.25) is 4.79 Å². The average molecular weight is 525 g/mol. The van der Waals surface area contributed by atoms with Crippen LogP contribution in [0.5, 0.6) is 0 Å². The molecule has 1 amide bonds. The van der Waals surface area contributed by atoms with E-state index in [0.717, 1.165) is 11.3 Å². The van der Waals surface area contributed by atoms with E-state index in [4.69, 9.17) is 4.98 Å². The maximum Gasteiger partial charge on any atom is 0.248 e. The van der Waals surface area contributed by atoms with E-state index >= 15 is 0 Å². The van der Waals surface area contributed by atoms with Crippen LogP contribution in [0.3, 0.4) is 0 Å². The molecule has 2 heterocycles. The lowest BCUT2D eigenvalue weighted by atomic mass is 9.86. The van der Waals surface area contributed by atoms with E-state index in [1.165, 1.54) is 4.31 Å². The van der Waals surface area contributed by atoms with E-state index in [1.807, 2.05) is 27.7 Å². The summed E-state index contributed by atoms with van der Waals surface area (Å²) in [6.45, 7) is 9.64. The number of benzene rings is 1. The van der Waals surface area contributed by atoms with Gasteiger partial charge in [0.2, 0.25) is 21.9 Å². The second-order valence-electron chi connectivity index (χ2n) is 11.3. The van der Waals surface area contributed by atoms with Gasteiger partial charge in [0.25, 0.3) is 0 Å². The van der Waals surface area contributed by atoms with Crippen molar-refractivity contribution in [3.8, 4) is 0 Å². The number of piperidine rings is 1. The Morgan fingerprint density at radius 2 is 1.89 bits per heavy atom. The molecular formula is C26H38F2N4O3S. The summed E-state index contributed by atoms with van der Waals surface area (Å²) in [5.74, 6) is -2.09. The molecule has 1 aliphatic carbocycles. The predicted octanol–water partition coefficient (Wildman–Crippen LogP) is 4.70. The van der Waals surface area contributed by atoms with Crippen LogP contribution in [0.2, 0.25) is 0 Å². The number of rotatable bonds is 6. The van der Waals surface area contributed by atoms with Crippen molar-refractivity contribution >= 4 is 27.0 Å². The zero-order valence-electron chi connectivity index (χ0n) is 21.7. The number of hydrogen-bond acceptors (Lipinski definition) is 4. The summed E-state index contributed by atoms with van der Waals surface area (Å²) < 4.78 is 57.9. The molecule has 1 aromatic heterocycles. The molecule has 0 unspecified atom stereocenters. The van der Waals surface area contributed by atoms with Gasteiger partial charge in [0, 0.05) is 44.4 Å². The number of amides is 1. The zero-order valence-corrected chi connectivity index (χ0v) is 22.5. The molecule has 1 aliphatic heterocycles. The summed E-state index contributed by atoms with van der Waals surface area (Å²) in [5, 5.41) is 2.80.